The van der Waals surface area contributed by atoms with E-state index < -0.39 is 11.6 Å². The summed E-state index contributed by atoms with van der Waals surface area (Å²) in [5.74, 6) is -1.98. The number of halogens is 2. The first-order valence-corrected chi connectivity index (χ1v) is 5.99. The van der Waals surface area contributed by atoms with Crippen LogP contribution in [0, 0.1) is 11.6 Å². The Labute approximate surface area is 113 Å². The second-order valence-corrected chi connectivity index (χ2v) is 4.45. The average Bonchev–Trinajstić information content (AvgIpc) is 2.46. The van der Waals surface area contributed by atoms with Crippen LogP contribution in [0.25, 0.3) is 22.3 Å². The fraction of sp³-hybridized carbons (Fsp3) is 0.0667. The standard InChI is InChI=1S/C15H10F2N2O/c1-19-13-8-11(17)10(16)7-12(13)18-14(15(19)20)9-5-3-2-4-6-9/h2-8H,1H3. The van der Waals surface area contributed by atoms with Crippen molar-refractivity contribution in [3.05, 3.63) is 64.5 Å². The first-order valence-electron chi connectivity index (χ1n) is 5.99. The molecule has 0 spiro atoms. The zero-order valence-corrected chi connectivity index (χ0v) is 10.6. The molecule has 3 aromatic rings. The maximum Gasteiger partial charge on any atom is 0.277 e. The van der Waals surface area contributed by atoms with Gasteiger partial charge in [0.05, 0.1) is 11.0 Å². The Morgan fingerprint density at radius 2 is 1.70 bits per heavy atom. The minimum absolute atomic E-state index is 0.214. The van der Waals surface area contributed by atoms with Crippen LogP contribution in [0.2, 0.25) is 0 Å². The van der Waals surface area contributed by atoms with Gasteiger partial charge >= 0.3 is 0 Å². The summed E-state index contributed by atoms with van der Waals surface area (Å²) in [6.07, 6.45) is 0. The molecule has 3 nitrogen and oxygen atoms in total. The number of rotatable bonds is 1. The van der Waals surface area contributed by atoms with Crippen molar-refractivity contribution in [3.63, 3.8) is 0 Å². The van der Waals surface area contributed by atoms with E-state index in [4.69, 9.17) is 0 Å². The zero-order valence-electron chi connectivity index (χ0n) is 10.6. The molecule has 0 bridgehead atoms. The quantitative estimate of drug-likeness (QED) is 0.682. The van der Waals surface area contributed by atoms with Gasteiger partial charge < -0.3 is 4.57 Å². The fourth-order valence-corrected chi connectivity index (χ4v) is 2.10. The van der Waals surface area contributed by atoms with E-state index in [0.29, 0.717) is 5.56 Å². The summed E-state index contributed by atoms with van der Waals surface area (Å²) >= 11 is 0. The zero-order chi connectivity index (χ0) is 14.3. The van der Waals surface area contributed by atoms with Crippen molar-refractivity contribution in [2.75, 3.05) is 0 Å². The molecular formula is C15H10F2N2O. The molecule has 2 aromatic carbocycles. The molecule has 20 heavy (non-hydrogen) atoms. The number of hydrogen-bond acceptors (Lipinski definition) is 2. The Hall–Kier alpha value is -2.56. The van der Waals surface area contributed by atoms with Crippen LogP contribution in [0.15, 0.2) is 47.3 Å². The van der Waals surface area contributed by atoms with Crippen molar-refractivity contribution >= 4 is 11.0 Å². The monoisotopic (exact) mass is 272 g/mol. The van der Waals surface area contributed by atoms with Crippen molar-refractivity contribution in [2.45, 2.75) is 0 Å². The number of hydrogen-bond donors (Lipinski definition) is 0. The van der Waals surface area contributed by atoms with Crippen LogP contribution in [0.4, 0.5) is 8.78 Å². The van der Waals surface area contributed by atoms with Crippen LogP contribution in [0.5, 0.6) is 0 Å². The Bertz CT molecular complexity index is 857. The molecule has 0 aliphatic rings. The molecule has 0 amide bonds. The van der Waals surface area contributed by atoms with Crippen molar-refractivity contribution in [1.82, 2.24) is 9.55 Å². The molecule has 0 saturated heterocycles. The molecule has 0 atom stereocenters. The lowest BCUT2D eigenvalue weighted by Crippen LogP contribution is -2.21. The van der Waals surface area contributed by atoms with E-state index in [1.54, 1.807) is 24.3 Å². The van der Waals surface area contributed by atoms with Gasteiger partial charge in [0.2, 0.25) is 0 Å². The molecule has 3 rings (SSSR count). The van der Waals surface area contributed by atoms with Crippen molar-refractivity contribution < 1.29 is 8.78 Å². The smallest absolute Gasteiger partial charge is 0.277 e. The number of aromatic nitrogens is 2. The third-order valence-electron chi connectivity index (χ3n) is 3.17. The summed E-state index contributed by atoms with van der Waals surface area (Å²) in [7, 11) is 1.51. The lowest BCUT2D eigenvalue weighted by Gasteiger charge is -2.08. The van der Waals surface area contributed by atoms with E-state index in [-0.39, 0.29) is 22.3 Å². The van der Waals surface area contributed by atoms with Crippen LogP contribution < -0.4 is 5.56 Å². The van der Waals surface area contributed by atoms with Gasteiger partial charge in [0.25, 0.3) is 5.56 Å². The molecule has 1 aromatic heterocycles. The molecule has 0 N–H and O–H groups in total. The first kappa shape index (κ1) is 12.5. The highest BCUT2D eigenvalue weighted by Crippen LogP contribution is 2.19. The molecule has 5 heteroatoms. The summed E-state index contributed by atoms with van der Waals surface area (Å²) in [6.45, 7) is 0. The highest BCUT2D eigenvalue weighted by molar-refractivity contribution is 5.78. The van der Waals surface area contributed by atoms with Crippen LogP contribution in [0.1, 0.15) is 0 Å². The van der Waals surface area contributed by atoms with Crippen LogP contribution in [0.3, 0.4) is 0 Å². The van der Waals surface area contributed by atoms with Gasteiger partial charge in [-0.2, -0.15) is 0 Å². The normalized spacial score (nSPS) is 10.9. The Morgan fingerprint density at radius 3 is 2.40 bits per heavy atom. The molecule has 100 valence electrons. The summed E-state index contributed by atoms with van der Waals surface area (Å²) in [5, 5.41) is 0. The van der Waals surface area contributed by atoms with E-state index in [1.165, 1.54) is 11.6 Å². The number of aryl methyl sites for hydroxylation is 1. The van der Waals surface area contributed by atoms with E-state index >= 15 is 0 Å². The maximum absolute atomic E-state index is 13.3. The lowest BCUT2D eigenvalue weighted by molar-refractivity contribution is 0.510. The molecule has 0 unspecified atom stereocenters. The van der Waals surface area contributed by atoms with Gasteiger partial charge in [0.1, 0.15) is 5.69 Å². The van der Waals surface area contributed by atoms with Crippen LogP contribution in [-0.4, -0.2) is 9.55 Å². The van der Waals surface area contributed by atoms with Gasteiger partial charge in [-0.1, -0.05) is 30.3 Å². The predicted molar refractivity (Wildman–Crippen MR) is 72.3 cm³/mol. The number of nitrogens with zero attached hydrogens (tertiary/aromatic N) is 2. The third kappa shape index (κ3) is 1.87. The summed E-state index contributed by atoms with van der Waals surface area (Å²) in [4.78, 5) is 16.4. The van der Waals surface area contributed by atoms with Gasteiger partial charge in [-0.25, -0.2) is 13.8 Å². The SMILES string of the molecule is Cn1c(=O)c(-c2ccccc2)nc2cc(F)c(F)cc21. The van der Waals surface area contributed by atoms with Crippen molar-refractivity contribution in [3.8, 4) is 11.3 Å². The van der Waals surface area contributed by atoms with Gasteiger partial charge in [-0.3, -0.25) is 4.79 Å². The topological polar surface area (TPSA) is 34.9 Å². The first-order chi connectivity index (χ1) is 9.58. The molecule has 0 saturated carbocycles. The molecular weight excluding hydrogens is 262 g/mol. The summed E-state index contributed by atoms with van der Waals surface area (Å²) in [5.41, 5.74) is 1.000. The molecule has 0 aliphatic carbocycles. The summed E-state index contributed by atoms with van der Waals surface area (Å²) < 4.78 is 27.8. The molecule has 0 radical (unpaired) electrons. The number of fused-ring (bicyclic) bond motifs is 1. The summed E-state index contributed by atoms with van der Waals surface area (Å²) in [6, 6.07) is 10.9. The molecule has 1 heterocycles. The Morgan fingerprint density at radius 1 is 1.05 bits per heavy atom. The maximum atomic E-state index is 13.3. The predicted octanol–water partition coefficient (Wildman–Crippen LogP) is 2.88. The Kier molecular flexibility index (Phi) is 2.82. The van der Waals surface area contributed by atoms with Gasteiger partial charge in [-0.05, 0) is 0 Å². The minimum atomic E-state index is -0.998. The van der Waals surface area contributed by atoms with E-state index in [9.17, 15) is 13.6 Å². The highest BCUT2D eigenvalue weighted by atomic mass is 19.2. The second-order valence-electron chi connectivity index (χ2n) is 4.45. The van der Waals surface area contributed by atoms with Crippen molar-refractivity contribution in [2.24, 2.45) is 7.05 Å². The van der Waals surface area contributed by atoms with Crippen LogP contribution in [-0.2, 0) is 7.05 Å². The van der Waals surface area contributed by atoms with E-state index in [1.807, 2.05) is 6.07 Å². The van der Waals surface area contributed by atoms with E-state index in [0.717, 1.165) is 12.1 Å². The van der Waals surface area contributed by atoms with Crippen LogP contribution >= 0.6 is 0 Å². The molecule has 0 aliphatic heterocycles. The average molecular weight is 272 g/mol. The van der Waals surface area contributed by atoms with E-state index in [2.05, 4.69) is 4.98 Å². The molecule has 0 fully saturated rings. The van der Waals surface area contributed by atoms with Crippen molar-refractivity contribution in [1.29, 1.82) is 0 Å². The highest BCUT2D eigenvalue weighted by Gasteiger charge is 2.13. The Balaban J connectivity index is 2.39. The lowest BCUT2D eigenvalue weighted by atomic mass is 10.1. The van der Waals surface area contributed by atoms with Gasteiger partial charge in [0, 0.05) is 24.7 Å². The fourth-order valence-electron chi connectivity index (χ4n) is 2.10. The second kappa shape index (κ2) is 4.52. The minimum Gasteiger partial charge on any atom is -0.308 e. The third-order valence-corrected chi connectivity index (χ3v) is 3.17. The largest absolute Gasteiger partial charge is 0.308 e. The van der Waals surface area contributed by atoms with Gasteiger partial charge in [-0.15, -0.1) is 0 Å². The number of benzene rings is 2. The van der Waals surface area contributed by atoms with Gasteiger partial charge in [0.15, 0.2) is 11.6 Å².